The molecule has 0 unspecified atom stereocenters. The Labute approximate surface area is 153 Å². The summed E-state index contributed by atoms with van der Waals surface area (Å²) in [4.78, 5) is 17.5. The number of nitrogens with zero attached hydrogens (tertiary/aromatic N) is 2. The van der Waals surface area contributed by atoms with Crippen LogP contribution in [0.5, 0.6) is 0 Å². The first-order valence-electron chi connectivity index (χ1n) is 8.38. The van der Waals surface area contributed by atoms with Gasteiger partial charge >= 0.3 is 0 Å². The quantitative estimate of drug-likeness (QED) is 0.594. The molecule has 0 fully saturated rings. The zero-order chi connectivity index (χ0) is 18.8. The summed E-state index contributed by atoms with van der Waals surface area (Å²) in [6.07, 6.45) is 0. The minimum absolute atomic E-state index is 0.180. The van der Waals surface area contributed by atoms with E-state index in [2.05, 4.69) is 10.4 Å². The monoisotopic (exact) mass is 363 g/mol. The number of para-hydroxylation sites is 1. The van der Waals surface area contributed by atoms with E-state index in [0.717, 1.165) is 5.56 Å². The molecule has 0 atom stereocenters. The summed E-state index contributed by atoms with van der Waals surface area (Å²) in [5.41, 5.74) is 4.13. The molecule has 6 heteroatoms. The van der Waals surface area contributed by atoms with E-state index in [9.17, 15) is 13.6 Å². The lowest BCUT2D eigenvalue weighted by atomic mass is 10.1. The highest BCUT2D eigenvalue weighted by molar-refractivity contribution is 5.79. The zero-order valence-electron chi connectivity index (χ0n) is 14.2. The van der Waals surface area contributed by atoms with Gasteiger partial charge in [0.2, 0.25) is 0 Å². The van der Waals surface area contributed by atoms with Gasteiger partial charge in [-0.2, -0.15) is 0 Å². The summed E-state index contributed by atoms with van der Waals surface area (Å²) in [6, 6.07) is 19.0. The Morgan fingerprint density at radius 1 is 0.889 bits per heavy atom. The van der Waals surface area contributed by atoms with Gasteiger partial charge in [0.1, 0.15) is 11.6 Å². The van der Waals surface area contributed by atoms with Crippen LogP contribution in [-0.2, 0) is 6.54 Å². The number of hydrogen-bond donors (Lipinski definition) is 1. The molecule has 3 aromatic carbocycles. The second-order valence-corrected chi connectivity index (χ2v) is 6.03. The van der Waals surface area contributed by atoms with Gasteiger partial charge in [0.15, 0.2) is 5.82 Å². The average Bonchev–Trinajstić information content (AvgIpc) is 2.69. The maximum atomic E-state index is 14.4. The van der Waals surface area contributed by atoms with Gasteiger partial charge in [-0.25, -0.2) is 18.4 Å². The zero-order valence-corrected chi connectivity index (χ0v) is 14.2. The van der Waals surface area contributed by atoms with E-state index in [-0.39, 0.29) is 29.3 Å². The Morgan fingerprint density at radius 2 is 1.59 bits per heavy atom. The third-order valence-corrected chi connectivity index (χ3v) is 4.25. The van der Waals surface area contributed by atoms with Gasteiger partial charge < -0.3 is 5.43 Å². The van der Waals surface area contributed by atoms with Crippen LogP contribution in [0.25, 0.3) is 22.3 Å². The lowest BCUT2D eigenvalue weighted by Gasteiger charge is -2.16. The van der Waals surface area contributed by atoms with Crippen LogP contribution in [0.4, 0.5) is 8.78 Å². The Morgan fingerprint density at radius 3 is 2.37 bits per heavy atom. The topological polar surface area (TPSA) is 46.9 Å². The van der Waals surface area contributed by atoms with Crippen molar-refractivity contribution in [2.24, 2.45) is 0 Å². The molecule has 0 saturated heterocycles. The molecule has 4 aromatic rings. The molecule has 1 N–H and O–H groups in total. The summed E-state index contributed by atoms with van der Waals surface area (Å²) >= 11 is 0. The van der Waals surface area contributed by atoms with Crippen molar-refractivity contribution in [3.63, 3.8) is 0 Å². The molecule has 0 saturated carbocycles. The molecule has 0 amide bonds. The third-order valence-electron chi connectivity index (χ3n) is 4.25. The van der Waals surface area contributed by atoms with Crippen molar-refractivity contribution in [2.45, 2.75) is 6.54 Å². The van der Waals surface area contributed by atoms with Crippen LogP contribution in [0.1, 0.15) is 5.56 Å². The highest BCUT2D eigenvalue weighted by atomic mass is 19.1. The Balaban J connectivity index is 1.85. The number of benzene rings is 3. The average molecular weight is 363 g/mol. The maximum Gasteiger partial charge on any atom is 0.280 e. The van der Waals surface area contributed by atoms with Crippen molar-refractivity contribution in [3.8, 4) is 11.4 Å². The Kier molecular flexibility index (Phi) is 4.38. The van der Waals surface area contributed by atoms with Gasteiger partial charge in [0.25, 0.3) is 5.56 Å². The van der Waals surface area contributed by atoms with Crippen LogP contribution in [0.2, 0.25) is 0 Å². The normalized spacial score (nSPS) is 10.9. The first-order chi connectivity index (χ1) is 13.1. The number of fused-ring (bicyclic) bond motifs is 1. The van der Waals surface area contributed by atoms with E-state index in [0.29, 0.717) is 10.9 Å². The standard InChI is InChI=1S/C21H15F2N3O/c22-15-11-9-14(10-12-15)13-24-26-20(16-5-1-3-7-18(16)23)25-19-8-4-2-6-17(19)21(26)27/h1-12,24H,13H2. The molecule has 1 heterocycles. The van der Waals surface area contributed by atoms with Gasteiger partial charge in [-0.1, -0.05) is 36.4 Å². The van der Waals surface area contributed by atoms with Gasteiger partial charge in [-0.15, -0.1) is 0 Å². The number of halogens is 2. The fourth-order valence-corrected chi connectivity index (χ4v) is 2.88. The molecule has 0 bridgehead atoms. The SMILES string of the molecule is O=c1c2ccccc2nc(-c2ccccc2F)n1NCc1ccc(F)cc1. The predicted molar refractivity (Wildman–Crippen MR) is 101 cm³/mol. The second-order valence-electron chi connectivity index (χ2n) is 6.03. The van der Waals surface area contributed by atoms with Crippen LogP contribution in [0.15, 0.2) is 77.6 Å². The Bertz CT molecular complexity index is 1170. The van der Waals surface area contributed by atoms with E-state index in [4.69, 9.17) is 0 Å². The van der Waals surface area contributed by atoms with Crippen LogP contribution in [-0.4, -0.2) is 9.66 Å². The molecule has 0 aliphatic carbocycles. The first kappa shape index (κ1) is 16.9. The smallest absolute Gasteiger partial charge is 0.280 e. The largest absolute Gasteiger partial charge is 0.317 e. The molecule has 134 valence electrons. The molecule has 4 rings (SSSR count). The molecular weight excluding hydrogens is 348 g/mol. The van der Waals surface area contributed by atoms with E-state index in [1.54, 1.807) is 54.6 Å². The Hall–Kier alpha value is -3.54. The third kappa shape index (κ3) is 3.29. The molecule has 1 aromatic heterocycles. The van der Waals surface area contributed by atoms with Gasteiger partial charge in [-0.3, -0.25) is 4.79 Å². The molecular formula is C21H15F2N3O. The van der Waals surface area contributed by atoms with E-state index >= 15 is 0 Å². The number of hydrogen-bond acceptors (Lipinski definition) is 3. The van der Waals surface area contributed by atoms with E-state index in [1.165, 1.54) is 22.9 Å². The summed E-state index contributed by atoms with van der Waals surface area (Å²) < 4.78 is 28.7. The van der Waals surface area contributed by atoms with Crippen LogP contribution >= 0.6 is 0 Å². The fourth-order valence-electron chi connectivity index (χ4n) is 2.88. The van der Waals surface area contributed by atoms with Crippen molar-refractivity contribution in [3.05, 3.63) is 100 Å². The summed E-state index contributed by atoms with van der Waals surface area (Å²) in [6.45, 7) is 0.252. The summed E-state index contributed by atoms with van der Waals surface area (Å²) in [5.74, 6) is -0.633. The molecule has 0 aliphatic heterocycles. The van der Waals surface area contributed by atoms with E-state index < -0.39 is 5.82 Å². The van der Waals surface area contributed by atoms with Gasteiger partial charge in [-0.05, 0) is 42.0 Å². The molecule has 0 aliphatic rings. The number of nitrogens with one attached hydrogen (secondary N) is 1. The molecule has 0 radical (unpaired) electrons. The van der Waals surface area contributed by atoms with Crippen LogP contribution < -0.4 is 11.0 Å². The minimum atomic E-state index is -0.475. The molecule has 4 nitrogen and oxygen atoms in total. The van der Waals surface area contributed by atoms with Crippen LogP contribution in [0, 0.1) is 11.6 Å². The van der Waals surface area contributed by atoms with Gasteiger partial charge in [0, 0.05) is 0 Å². The highest BCUT2D eigenvalue weighted by Gasteiger charge is 2.15. The lowest BCUT2D eigenvalue weighted by molar-refractivity contribution is 0.625. The van der Waals surface area contributed by atoms with Crippen molar-refractivity contribution in [2.75, 3.05) is 5.43 Å². The van der Waals surface area contributed by atoms with Crippen molar-refractivity contribution in [1.82, 2.24) is 9.66 Å². The van der Waals surface area contributed by atoms with Crippen molar-refractivity contribution >= 4 is 10.9 Å². The summed E-state index contributed by atoms with van der Waals surface area (Å²) in [5, 5.41) is 0.421. The van der Waals surface area contributed by atoms with Gasteiger partial charge in [0.05, 0.1) is 23.0 Å². The second kappa shape index (κ2) is 6.99. The molecule has 0 spiro atoms. The first-order valence-corrected chi connectivity index (χ1v) is 8.38. The van der Waals surface area contributed by atoms with Crippen molar-refractivity contribution < 1.29 is 8.78 Å². The number of aromatic nitrogens is 2. The summed E-state index contributed by atoms with van der Waals surface area (Å²) in [7, 11) is 0. The lowest BCUT2D eigenvalue weighted by Crippen LogP contribution is -2.31. The fraction of sp³-hybridized carbons (Fsp3) is 0.0476. The molecule has 27 heavy (non-hydrogen) atoms. The number of rotatable bonds is 4. The van der Waals surface area contributed by atoms with E-state index in [1.807, 2.05) is 0 Å². The maximum absolute atomic E-state index is 14.4. The van der Waals surface area contributed by atoms with Crippen LogP contribution in [0.3, 0.4) is 0 Å². The predicted octanol–water partition coefficient (Wildman–Crippen LogP) is 4.09. The highest BCUT2D eigenvalue weighted by Crippen LogP contribution is 2.21. The minimum Gasteiger partial charge on any atom is -0.317 e. The van der Waals surface area contributed by atoms with Crippen molar-refractivity contribution in [1.29, 1.82) is 0 Å².